The number of para-hydroxylation sites is 4. The van der Waals surface area contributed by atoms with Gasteiger partial charge in [0.2, 0.25) is 0 Å². The molecular weight excluding hydrogens is 782 g/mol. The lowest BCUT2D eigenvalue weighted by Crippen LogP contribution is -2.61. The van der Waals surface area contributed by atoms with Crippen molar-refractivity contribution in [1.82, 2.24) is 4.40 Å². The van der Waals surface area contributed by atoms with E-state index in [1.54, 1.807) is 0 Å². The van der Waals surface area contributed by atoms with Gasteiger partial charge in [-0.25, -0.2) is 0 Å². The number of anilines is 6. The number of nitrogens with zero attached hydrogens (tertiary/aromatic N) is 3. The second kappa shape index (κ2) is 12.6. The average molecular weight is 822 g/mol. The fourth-order valence-electron chi connectivity index (χ4n) is 11.4. The molecule has 0 spiro atoms. The van der Waals surface area contributed by atoms with Crippen LogP contribution in [0.15, 0.2) is 188 Å². The van der Waals surface area contributed by atoms with E-state index in [-0.39, 0.29) is 12.1 Å². The molecular formula is C58H40BN3S. The maximum Gasteiger partial charge on any atom is 0.252 e. The van der Waals surface area contributed by atoms with Crippen LogP contribution < -0.4 is 26.2 Å². The van der Waals surface area contributed by atoms with Crippen molar-refractivity contribution in [3.63, 3.8) is 0 Å². The summed E-state index contributed by atoms with van der Waals surface area (Å²) in [6, 6.07) is 70.7. The van der Waals surface area contributed by atoms with Crippen molar-refractivity contribution < 1.29 is 0 Å². The van der Waals surface area contributed by atoms with Crippen LogP contribution in [-0.4, -0.2) is 11.1 Å². The van der Waals surface area contributed by atoms with Gasteiger partial charge in [0.05, 0.1) is 22.2 Å². The third kappa shape index (κ3) is 4.75. The highest BCUT2D eigenvalue weighted by molar-refractivity contribution is 7.26. The number of hydrogen-bond donors (Lipinski definition) is 0. The van der Waals surface area contributed by atoms with Crippen LogP contribution in [0.2, 0.25) is 0 Å². The van der Waals surface area contributed by atoms with Crippen molar-refractivity contribution in [2.45, 2.75) is 26.2 Å². The summed E-state index contributed by atoms with van der Waals surface area (Å²) in [7, 11) is 0. The molecule has 0 aliphatic carbocycles. The molecule has 0 radical (unpaired) electrons. The smallest absolute Gasteiger partial charge is 0.252 e. The van der Waals surface area contributed by atoms with Crippen LogP contribution >= 0.6 is 11.3 Å². The van der Waals surface area contributed by atoms with Gasteiger partial charge in [-0.3, -0.25) is 0 Å². The van der Waals surface area contributed by atoms with Crippen molar-refractivity contribution in [2.75, 3.05) is 9.80 Å². The van der Waals surface area contributed by atoms with Crippen LogP contribution in [0.25, 0.3) is 69.4 Å². The van der Waals surface area contributed by atoms with Gasteiger partial charge in [-0.1, -0.05) is 142 Å². The fourth-order valence-corrected chi connectivity index (χ4v) is 12.6. The quantitative estimate of drug-likeness (QED) is 0.164. The van der Waals surface area contributed by atoms with E-state index in [4.69, 9.17) is 0 Å². The monoisotopic (exact) mass is 821 g/mol. The Kier molecular flexibility index (Phi) is 7.07. The molecule has 2 aliphatic heterocycles. The molecule has 3 aromatic heterocycles. The lowest BCUT2D eigenvalue weighted by molar-refractivity contribution is 0.596. The molecule has 14 rings (SSSR count). The molecule has 63 heavy (non-hydrogen) atoms. The van der Waals surface area contributed by atoms with E-state index in [0.717, 1.165) is 11.4 Å². The lowest BCUT2D eigenvalue weighted by atomic mass is 9.33. The summed E-state index contributed by atoms with van der Waals surface area (Å²) < 4.78 is 5.20. The Morgan fingerprint density at radius 2 is 1.06 bits per heavy atom. The van der Waals surface area contributed by atoms with E-state index in [1.165, 1.54) is 114 Å². The van der Waals surface area contributed by atoms with Crippen LogP contribution in [0, 0.1) is 0 Å². The van der Waals surface area contributed by atoms with Gasteiger partial charge >= 0.3 is 0 Å². The molecule has 0 unspecified atom stereocenters. The van der Waals surface area contributed by atoms with Gasteiger partial charge in [0.1, 0.15) is 0 Å². The number of benzene rings is 9. The molecule has 0 bridgehead atoms. The summed E-state index contributed by atoms with van der Waals surface area (Å²) in [5, 5.41) is 7.89. The van der Waals surface area contributed by atoms with Gasteiger partial charge in [0, 0.05) is 70.2 Å². The molecule has 9 aromatic carbocycles. The number of rotatable bonds is 3. The van der Waals surface area contributed by atoms with E-state index < -0.39 is 0 Å². The van der Waals surface area contributed by atoms with Gasteiger partial charge in [0.25, 0.3) is 6.71 Å². The summed E-state index contributed by atoms with van der Waals surface area (Å²) in [5.74, 6) is 0. The molecule has 0 saturated heterocycles. The molecule has 0 amide bonds. The Morgan fingerprint density at radius 3 is 1.78 bits per heavy atom. The predicted octanol–water partition coefficient (Wildman–Crippen LogP) is 14.3. The van der Waals surface area contributed by atoms with Crippen LogP contribution in [0.5, 0.6) is 0 Å². The molecule has 12 aromatic rings. The molecule has 2 aliphatic rings. The normalized spacial score (nSPS) is 13.5. The number of aromatic nitrogens is 1. The van der Waals surface area contributed by atoms with Gasteiger partial charge in [-0.05, 0) is 105 Å². The standard InChI is InChI=1S/C58H40BN3S/c1-58(2,3)43-26-17-29-51-53(43)42-33-48-44(34-52(42)63-51)59-45-32-41-39-24-13-15-27-46(39)62-47-28-16-14-25-40(47)54(56(41)62)57(45)61(38-22-11-6-12-23-38)50-31-36(35-18-7-4-8-19-35)30-49(55(50)59)60(48)37-20-9-5-10-21-37/h4-34H,1-3H3. The highest BCUT2D eigenvalue weighted by Crippen LogP contribution is 2.52. The van der Waals surface area contributed by atoms with E-state index in [0.29, 0.717) is 0 Å². The van der Waals surface area contributed by atoms with Crippen molar-refractivity contribution in [1.29, 1.82) is 0 Å². The first-order valence-electron chi connectivity index (χ1n) is 22.1. The summed E-state index contributed by atoms with van der Waals surface area (Å²) in [5.41, 5.74) is 18.8. The highest BCUT2D eigenvalue weighted by Gasteiger charge is 2.45. The SMILES string of the molecule is CC(C)(C)c1cccc2sc3cc4c(cc3c12)N(c1ccccc1)c1cc(-c2ccccc2)cc2c1B4c1cc3c4ccccc4n4c5ccccc5c(c1N2c1ccccc1)c34. The number of fused-ring (bicyclic) bond motifs is 14. The third-order valence-corrected chi connectivity index (χ3v) is 15.1. The van der Waals surface area contributed by atoms with E-state index in [1.807, 2.05) is 11.3 Å². The van der Waals surface area contributed by atoms with Gasteiger partial charge < -0.3 is 14.2 Å². The molecule has 5 heterocycles. The minimum atomic E-state index is -0.0445. The first-order chi connectivity index (χ1) is 30.9. The molecule has 5 heteroatoms. The largest absolute Gasteiger partial charge is 0.311 e. The second-order valence-electron chi connectivity index (χ2n) is 18.5. The topological polar surface area (TPSA) is 10.9 Å². The molecule has 296 valence electrons. The second-order valence-corrected chi connectivity index (χ2v) is 19.5. The molecule has 0 N–H and O–H groups in total. The Bertz CT molecular complexity index is 3840. The highest BCUT2D eigenvalue weighted by atomic mass is 32.1. The summed E-state index contributed by atoms with van der Waals surface area (Å²) in [4.78, 5) is 5.18. The maximum absolute atomic E-state index is 2.61. The summed E-state index contributed by atoms with van der Waals surface area (Å²) in [6.45, 7) is 7.00. The Morgan fingerprint density at radius 1 is 0.444 bits per heavy atom. The molecule has 0 saturated carbocycles. The van der Waals surface area contributed by atoms with Gasteiger partial charge in [-0.15, -0.1) is 11.3 Å². The number of thiophene rings is 1. The molecule has 3 nitrogen and oxygen atoms in total. The Balaban J connectivity index is 1.21. The first kappa shape index (κ1) is 35.3. The zero-order valence-corrected chi connectivity index (χ0v) is 36.0. The maximum atomic E-state index is 2.61. The van der Waals surface area contributed by atoms with E-state index in [9.17, 15) is 0 Å². The fraction of sp³-hybridized carbons (Fsp3) is 0.0690. The molecule has 0 atom stereocenters. The Hall–Kier alpha value is -7.34. The lowest BCUT2D eigenvalue weighted by Gasteiger charge is -2.45. The van der Waals surface area contributed by atoms with Crippen molar-refractivity contribution in [3.8, 4) is 11.1 Å². The van der Waals surface area contributed by atoms with Crippen molar-refractivity contribution in [2.24, 2.45) is 0 Å². The van der Waals surface area contributed by atoms with Crippen molar-refractivity contribution in [3.05, 3.63) is 194 Å². The van der Waals surface area contributed by atoms with Gasteiger partial charge in [0.15, 0.2) is 0 Å². The van der Waals surface area contributed by atoms with Crippen LogP contribution in [0.4, 0.5) is 34.1 Å². The van der Waals surface area contributed by atoms with E-state index in [2.05, 4.69) is 223 Å². The van der Waals surface area contributed by atoms with Crippen molar-refractivity contribution >= 4 is 127 Å². The summed E-state index contributed by atoms with van der Waals surface area (Å²) >= 11 is 1.94. The zero-order valence-electron chi connectivity index (χ0n) is 35.2. The zero-order chi connectivity index (χ0) is 41.7. The Labute approximate surface area is 370 Å². The van der Waals surface area contributed by atoms with Crippen LogP contribution in [0.1, 0.15) is 26.3 Å². The van der Waals surface area contributed by atoms with E-state index >= 15 is 0 Å². The van der Waals surface area contributed by atoms with Gasteiger partial charge in [-0.2, -0.15) is 0 Å². The molecule has 0 fully saturated rings. The first-order valence-corrected chi connectivity index (χ1v) is 22.9. The van der Waals surface area contributed by atoms with Crippen LogP contribution in [0.3, 0.4) is 0 Å². The van der Waals surface area contributed by atoms with Crippen LogP contribution in [-0.2, 0) is 5.41 Å². The average Bonchev–Trinajstić information content (AvgIpc) is 3.98. The summed E-state index contributed by atoms with van der Waals surface area (Å²) in [6.07, 6.45) is 0. The minimum absolute atomic E-state index is 0.0126. The third-order valence-electron chi connectivity index (χ3n) is 14.0. The predicted molar refractivity (Wildman–Crippen MR) is 272 cm³/mol. The number of hydrogen-bond acceptors (Lipinski definition) is 3. The minimum Gasteiger partial charge on any atom is -0.311 e.